The number of hydrogen-bond acceptors (Lipinski definition) is 5. The number of carbonyl (C=O) groups excluding carboxylic acids is 1. The molecule has 2 heterocycles. The largest absolute Gasteiger partial charge is 0.456 e. The van der Waals surface area contributed by atoms with Crippen LogP contribution in [0.15, 0.2) is 12.1 Å². The summed E-state index contributed by atoms with van der Waals surface area (Å²) in [6.45, 7) is 10.0. The topological polar surface area (TPSA) is 70.1 Å². The number of aryl methyl sites for hydroxylation is 1. The lowest BCUT2D eigenvalue weighted by atomic mass is 10.2. The van der Waals surface area contributed by atoms with Crippen molar-refractivity contribution in [1.29, 1.82) is 0 Å². The first-order valence-corrected chi connectivity index (χ1v) is 7.60. The molecule has 0 atom stereocenters. The van der Waals surface area contributed by atoms with Gasteiger partial charge in [0.1, 0.15) is 10.5 Å². The molecule has 6 heteroatoms. The van der Waals surface area contributed by atoms with E-state index in [2.05, 4.69) is 5.10 Å². The first-order chi connectivity index (χ1) is 9.67. The zero-order valence-electron chi connectivity index (χ0n) is 13.1. The lowest BCUT2D eigenvalue weighted by Gasteiger charge is -2.18. The van der Waals surface area contributed by atoms with Gasteiger partial charge in [0.05, 0.1) is 23.6 Å². The lowest BCUT2D eigenvalue weighted by molar-refractivity contribution is 0.00752. The minimum absolute atomic E-state index is 0.286. The van der Waals surface area contributed by atoms with Gasteiger partial charge in [0.15, 0.2) is 0 Å². The molecule has 0 aliphatic heterocycles. The molecular formula is C15H21N3O2S. The van der Waals surface area contributed by atoms with E-state index in [1.54, 1.807) is 6.07 Å². The Labute approximate surface area is 128 Å². The van der Waals surface area contributed by atoms with Crippen LogP contribution < -0.4 is 5.73 Å². The number of nitrogen functional groups attached to an aromatic ring is 1. The predicted octanol–water partition coefficient (Wildman–Crippen LogP) is 3.15. The van der Waals surface area contributed by atoms with Gasteiger partial charge in [-0.1, -0.05) is 0 Å². The summed E-state index contributed by atoms with van der Waals surface area (Å²) in [6, 6.07) is 3.72. The molecule has 0 aliphatic rings. The highest BCUT2D eigenvalue weighted by Crippen LogP contribution is 2.23. The summed E-state index contributed by atoms with van der Waals surface area (Å²) in [7, 11) is 0. The van der Waals surface area contributed by atoms with E-state index in [1.165, 1.54) is 11.3 Å². The van der Waals surface area contributed by atoms with Crippen LogP contribution in [-0.2, 0) is 11.3 Å². The summed E-state index contributed by atoms with van der Waals surface area (Å²) >= 11 is 1.42. The molecule has 2 aromatic heterocycles. The summed E-state index contributed by atoms with van der Waals surface area (Å²) in [5, 5.41) is 4.40. The second-order valence-electron chi connectivity index (χ2n) is 6.01. The Morgan fingerprint density at radius 2 is 2.05 bits per heavy atom. The van der Waals surface area contributed by atoms with Gasteiger partial charge in [0.2, 0.25) is 0 Å². The van der Waals surface area contributed by atoms with E-state index in [4.69, 9.17) is 10.5 Å². The number of rotatable bonds is 3. The van der Waals surface area contributed by atoms with Crippen molar-refractivity contribution in [2.24, 2.45) is 0 Å². The molecule has 0 radical (unpaired) electrons. The van der Waals surface area contributed by atoms with Gasteiger partial charge in [-0.3, -0.25) is 4.68 Å². The predicted molar refractivity (Wildman–Crippen MR) is 84.7 cm³/mol. The van der Waals surface area contributed by atoms with Gasteiger partial charge in [0, 0.05) is 4.88 Å². The third-order valence-electron chi connectivity index (χ3n) is 3.00. The van der Waals surface area contributed by atoms with Crippen LogP contribution in [0.25, 0.3) is 0 Å². The molecule has 0 saturated heterocycles. The van der Waals surface area contributed by atoms with E-state index in [0.717, 1.165) is 22.0 Å². The quantitative estimate of drug-likeness (QED) is 0.884. The first kappa shape index (κ1) is 15.6. The third-order valence-corrected chi connectivity index (χ3v) is 4.05. The molecule has 0 spiro atoms. The lowest BCUT2D eigenvalue weighted by Crippen LogP contribution is -2.23. The maximum absolute atomic E-state index is 12.0. The molecule has 0 amide bonds. The molecule has 0 fully saturated rings. The highest BCUT2D eigenvalue weighted by atomic mass is 32.1. The van der Waals surface area contributed by atoms with Gasteiger partial charge in [0.25, 0.3) is 0 Å². The summed E-state index contributed by atoms with van der Waals surface area (Å²) in [4.78, 5) is 13.6. The Morgan fingerprint density at radius 1 is 1.38 bits per heavy atom. The molecule has 21 heavy (non-hydrogen) atoms. The number of hydrogen-bond donors (Lipinski definition) is 1. The highest BCUT2D eigenvalue weighted by molar-refractivity contribution is 7.13. The fraction of sp³-hybridized carbons (Fsp3) is 0.467. The van der Waals surface area contributed by atoms with Gasteiger partial charge >= 0.3 is 5.97 Å². The normalized spacial score (nSPS) is 11.7. The zero-order valence-corrected chi connectivity index (χ0v) is 13.9. The summed E-state index contributed by atoms with van der Waals surface area (Å²) < 4.78 is 7.22. The highest BCUT2D eigenvalue weighted by Gasteiger charge is 2.19. The molecular weight excluding hydrogens is 286 g/mol. The number of carbonyl (C=O) groups is 1. The van der Waals surface area contributed by atoms with Crippen LogP contribution >= 0.6 is 11.3 Å². The second kappa shape index (κ2) is 5.52. The second-order valence-corrected chi connectivity index (χ2v) is 7.18. The van der Waals surface area contributed by atoms with Crippen LogP contribution in [0.4, 0.5) is 5.69 Å². The maximum Gasteiger partial charge on any atom is 0.348 e. The molecule has 114 valence electrons. The van der Waals surface area contributed by atoms with E-state index in [0.29, 0.717) is 11.4 Å². The SMILES string of the molecule is Cc1nn(Cc2ccc(C(=O)OC(C)(C)C)s2)c(C)c1N. The molecule has 2 aromatic rings. The van der Waals surface area contributed by atoms with Gasteiger partial charge in [-0.2, -0.15) is 5.10 Å². The Kier molecular flexibility index (Phi) is 4.09. The van der Waals surface area contributed by atoms with Crippen LogP contribution in [0.3, 0.4) is 0 Å². The van der Waals surface area contributed by atoms with Crippen LogP contribution in [0.5, 0.6) is 0 Å². The smallest absolute Gasteiger partial charge is 0.348 e. The Morgan fingerprint density at radius 3 is 2.57 bits per heavy atom. The summed E-state index contributed by atoms with van der Waals surface area (Å²) in [5.41, 5.74) is 7.94. The minimum Gasteiger partial charge on any atom is -0.456 e. The van der Waals surface area contributed by atoms with Crippen molar-refractivity contribution >= 4 is 23.0 Å². The van der Waals surface area contributed by atoms with E-state index in [-0.39, 0.29) is 5.97 Å². The fourth-order valence-corrected chi connectivity index (χ4v) is 2.78. The summed E-state index contributed by atoms with van der Waals surface area (Å²) in [5.74, 6) is -0.286. The molecule has 5 nitrogen and oxygen atoms in total. The number of nitrogens with two attached hydrogens (primary N) is 1. The third kappa shape index (κ3) is 3.64. The summed E-state index contributed by atoms with van der Waals surface area (Å²) in [6.07, 6.45) is 0. The fourth-order valence-electron chi connectivity index (χ4n) is 1.91. The van der Waals surface area contributed by atoms with Crippen molar-refractivity contribution in [2.45, 2.75) is 46.8 Å². The van der Waals surface area contributed by atoms with Crippen molar-refractivity contribution in [2.75, 3.05) is 5.73 Å². The number of thiophene rings is 1. The van der Waals surface area contributed by atoms with Crippen molar-refractivity contribution in [3.05, 3.63) is 33.3 Å². The standard InChI is InChI=1S/C15H21N3O2S/c1-9-13(16)10(2)18(17-9)8-11-6-7-12(21-11)14(19)20-15(3,4)5/h6-7H,8,16H2,1-5H3. The van der Waals surface area contributed by atoms with Crippen molar-refractivity contribution in [3.8, 4) is 0 Å². The van der Waals surface area contributed by atoms with E-state index in [9.17, 15) is 4.79 Å². The molecule has 0 bridgehead atoms. The van der Waals surface area contributed by atoms with E-state index in [1.807, 2.05) is 45.4 Å². The average molecular weight is 307 g/mol. The van der Waals surface area contributed by atoms with Crippen LogP contribution in [0.2, 0.25) is 0 Å². The molecule has 0 unspecified atom stereocenters. The maximum atomic E-state index is 12.0. The van der Waals surface area contributed by atoms with Crippen molar-refractivity contribution < 1.29 is 9.53 Å². The monoisotopic (exact) mass is 307 g/mol. The number of nitrogens with zero attached hydrogens (tertiary/aromatic N) is 2. The van der Waals surface area contributed by atoms with Gasteiger partial charge in [-0.15, -0.1) is 11.3 Å². The van der Waals surface area contributed by atoms with Crippen LogP contribution in [0.1, 0.15) is 46.7 Å². The van der Waals surface area contributed by atoms with Crippen molar-refractivity contribution in [3.63, 3.8) is 0 Å². The zero-order chi connectivity index (χ0) is 15.8. The van der Waals surface area contributed by atoms with Gasteiger partial charge < -0.3 is 10.5 Å². The number of ether oxygens (including phenoxy) is 1. The average Bonchev–Trinajstić information content (AvgIpc) is 2.90. The van der Waals surface area contributed by atoms with E-state index < -0.39 is 5.60 Å². The first-order valence-electron chi connectivity index (χ1n) is 6.79. The van der Waals surface area contributed by atoms with Crippen LogP contribution in [-0.4, -0.2) is 21.4 Å². The minimum atomic E-state index is -0.481. The molecule has 2 N–H and O–H groups in total. The Balaban J connectivity index is 2.13. The number of anilines is 1. The van der Waals surface area contributed by atoms with Gasteiger partial charge in [-0.25, -0.2) is 4.79 Å². The van der Waals surface area contributed by atoms with Crippen molar-refractivity contribution in [1.82, 2.24) is 9.78 Å². The Bertz CT molecular complexity index is 665. The molecule has 0 aromatic carbocycles. The Hall–Kier alpha value is -1.82. The number of aromatic nitrogens is 2. The number of esters is 1. The molecule has 0 aliphatic carbocycles. The van der Waals surface area contributed by atoms with Crippen LogP contribution in [0, 0.1) is 13.8 Å². The molecule has 2 rings (SSSR count). The molecule has 0 saturated carbocycles. The van der Waals surface area contributed by atoms with Gasteiger partial charge in [-0.05, 0) is 46.8 Å². The van der Waals surface area contributed by atoms with E-state index >= 15 is 0 Å².